The van der Waals surface area contributed by atoms with Crippen molar-refractivity contribution >= 4 is 24.3 Å². The average molecular weight is 149 g/mol. The van der Waals surface area contributed by atoms with Gasteiger partial charge in [-0.2, -0.15) is 0 Å². The van der Waals surface area contributed by atoms with Crippen LogP contribution in [-0.2, 0) is 0 Å². The molecule has 0 saturated heterocycles. The number of rotatable bonds is 0. The third-order valence-corrected chi connectivity index (χ3v) is 1.37. The van der Waals surface area contributed by atoms with E-state index in [4.69, 9.17) is 0 Å². The van der Waals surface area contributed by atoms with Crippen LogP contribution in [-0.4, -0.2) is 30.4 Å². The van der Waals surface area contributed by atoms with Crippen molar-refractivity contribution in [3.05, 3.63) is 4.91 Å². The minimum Gasteiger partial charge on any atom is -0.254 e. The summed E-state index contributed by atoms with van der Waals surface area (Å²) >= 11 is 0. The summed E-state index contributed by atoms with van der Waals surface area (Å²) in [5.41, 5.74) is 0. The Morgan fingerprint density at radius 2 is 2.27 bits per heavy atom. The Balaban J connectivity index is 2.42. The molecule has 0 spiro atoms. The summed E-state index contributed by atoms with van der Waals surface area (Å²) in [6.45, 7) is 0. The second-order valence-electron chi connectivity index (χ2n) is 1.98. The zero-order valence-electron chi connectivity index (χ0n) is 5.38. The number of nitrogens with zero attached hydrogens (tertiary/aromatic N) is 5. The van der Waals surface area contributed by atoms with Crippen molar-refractivity contribution in [2.75, 3.05) is 0 Å². The number of amidine groups is 2. The molecule has 2 heterocycles. The maximum atomic E-state index is 10.1. The highest BCUT2D eigenvalue weighted by Gasteiger charge is 2.26. The number of fused-ring (bicyclic) bond motifs is 1. The quantitative estimate of drug-likeness (QED) is 0.446. The van der Waals surface area contributed by atoms with Crippen LogP contribution < -0.4 is 0 Å². The Kier molecular flexibility index (Phi) is 1.18. The summed E-state index contributed by atoms with van der Waals surface area (Å²) in [7, 11) is 0. The van der Waals surface area contributed by atoms with Crippen molar-refractivity contribution in [2.45, 2.75) is 6.04 Å². The highest BCUT2D eigenvalue weighted by molar-refractivity contribution is 6.20. The number of nitroso groups, excluding NO2 is 1. The van der Waals surface area contributed by atoms with Gasteiger partial charge in [0.05, 0.1) is 0 Å². The topological polar surface area (TPSA) is 78.9 Å². The summed E-state index contributed by atoms with van der Waals surface area (Å²) in [6, 6.07) is -0.461. The van der Waals surface area contributed by atoms with Crippen molar-refractivity contribution in [3.63, 3.8) is 0 Å². The lowest BCUT2D eigenvalue weighted by Gasteiger charge is -2.05. The predicted octanol–water partition coefficient (Wildman–Crippen LogP) is 0.00220. The molecule has 0 bridgehead atoms. The van der Waals surface area contributed by atoms with Crippen LogP contribution in [0.5, 0.6) is 0 Å². The third-order valence-electron chi connectivity index (χ3n) is 1.37. The van der Waals surface area contributed by atoms with E-state index in [9.17, 15) is 4.91 Å². The van der Waals surface area contributed by atoms with Gasteiger partial charge in [-0.05, 0) is 5.18 Å². The fourth-order valence-electron chi connectivity index (χ4n) is 0.874. The molecule has 0 aromatic heterocycles. The molecule has 6 nitrogen and oxygen atoms in total. The molecule has 0 N–H and O–H groups in total. The van der Waals surface area contributed by atoms with Gasteiger partial charge in [-0.3, -0.25) is 4.99 Å². The van der Waals surface area contributed by atoms with Gasteiger partial charge in [-0.15, -0.1) is 4.91 Å². The molecule has 1 atom stereocenters. The molecule has 0 saturated carbocycles. The van der Waals surface area contributed by atoms with E-state index >= 15 is 0 Å². The standard InChI is InChI=1S/C5H3N5O/c11-10-5-3-4(7-1-6-3)8-2-9-5/h1-3H. The Hall–Kier alpha value is -1.72. The molecule has 2 rings (SSSR count). The summed E-state index contributed by atoms with van der Waals surface area (Å²) in [6.07, 6.45) is 2.60. The highest BCUT2D eigenvalue weighted by Crippen LogP contribution is 2.09. The van der Waals surface area contributed by atoms with Gasteiger partial charge in [0.15, 0.2) is 11.9 Å². The first-order chi connectivity index (χ1) is 5.42. The predicted molar refractivity (Wildman–Crippen MR) is 41.4 cm³/mol. The second kappa shape index (κ2) is 2.15. The van der Waals surface area contributed by atoms with Crippen molar-refractivity contribution < 1.29 is 0 Å². The van der Waals surface area contributed by atoms with E-state index in [0.29, 0.717) is 5.84 Å². The number of hydrogen-bond acceptors (Lipinski definition) is 6. The molecule has 0 aromatic carbocycles. The van der Waals surface area contributed by atoms with E-state index in [1.807, 2.05) is 0 Å². The highest BCUT2D eigenvalue weighted by atomic mass is 16.3. The zero-order chi connectivity index (χ0) is 7.68. The zero-order valence-corrected chi connectivity index (χ0v) is 5.38. The normalized spacial score (nSPS) is 26.0. The van der Waals surface area contributed by atoms with E-state index in [-0.39, 0.29) is 5.84 Å². The molecule has 2 aliphatic heterocycles. The van der Waals surface area contributed by atoms with Gasteiger partial charge < -0.3 is 0 Å². The Labute approximate surface area is 61.5 Å². The largest absolute Gasteiger partial charge is 0.254 e. The number of hydrogen-bond donors (Lipinski definition) is 0. The lowest BCUT2D eigenvalue weighted by atomic mass is 10.2. The Morgan fingerprint density at radius 3 is 3.09 bits per heavy atom. The summed E-state index contributed by atoms with van der Waals surface area (Å²) < 4.78 is 0. The van der Waals surface area contributed by atoms with Crippen molar-refractivity contribution in [1.82, 2.24) is 0 Å². The maximum Gasteiger partial charge on any atom is 0.207 e. The van der Waals surface area contributed by atoms with Gasteiger partial charge in [0.1, 0.15) is 12.7 Å². The van der Waals surface area contributed by atoms with Gasteiger partial charge in [0, 0.05) is 0 Å². The lowest BCUT2D eigenvalue weighted by Crippen LogP contribution is -2.26. The average Bonchev–Trinajstić information content (AvgIpc) is 2.50. The van der Waals surface area contributed by atoms with Gasteiger partial charge in [0.25, 0.3) is 0 Å². The van der Waals surface area contributed by atoms with E-state index in [2.05, 4.69) is 25.1 Å². The van der Waals surface area contributed by atoms with Crippen LogP contribution in [0.25, 0.3) is 0 Å². The second-order valence-corrected chi connectivity index (χ2v) is 1.98. The third kappa shape index (κ3) is 0.794. The fraction of sp³-hybridized carbons (Fsp3) is 0.200. The van der Waals surface area contributed by atoms with E-state index in [1.165, 1.54) is 12.7 Å². The molecular weight excluding hydrogens is 146 g/mol. The summed E-state index contributed by atoms with van der Waals surface area (Å²) in [5, 5.41) is 2.70. The fourth-order valence-corrected chi connectivity index (χ4v) is 0.874. The molecule has 0 radical (unpaired) electrons. The minimum atomic E-state index is -0.461. The lowest BCUT2D eigenvalue weighted by molar-refractivity contribution is 1.12. The number of aliphatic imine (C=N–C) groups is 4. The van der Waals surface area contributed by atoms with Crippen molar-refractivity contribution in [3.8, 4) is 0 Å². The molecule has 0 aliphatic carbocycles. The summed E-state index contributed by atoms with van der Waals surface area (Å²) in [4.78, 5) is 25.2. The Morgan fingerprint density at radius 1 is 1.36 bits per heavy atom. The van der Waals surface area contributed by atoms with Crippen LogP contribution >= 0.6 is 0 Å². The SMILES string of the molecule is O=NC1=NC=NC2=NC=NC12. The molecule has 11 heavy (non-hydrogen) atoms. The van der Waals surface area contributed by atoms with Crippen LogP contribution in [0.1, 0.15) is 0 Å². The van der Waals surface area contributed by atoms with Crippen LogP contribution in [0.2, 0.25) is 0 Å². The van der Waals surface area contributed by atoms with Gasteiger partial charge >= 0.3 is 0 Å². The van der Waals surface area contributed by atoms with Crippen molar-refractivity contribution in [2.24, 2.45) is 25.1 Å². The smallest absolute Gasteiger partial charge is 0.207 e. The molecule has 6 heteroatoms. The minimum absolute atomic E-state index is 0.118. The molecule has 0 aromatic rings. The maximum absolute atomic E-state index is 10.1. The van der Waals surface area contributed by atoms with Gasteiger partial charge in [0.2, 0.25) is 5.84 Å². The first kappa shape index (κ1) is 6.02. The van der Waals surface area contributed by atoms with E-state index in [0.717, 1.165) is 0 Å². The van der Waals surface area contributed by atoms with Crippen LogP contribution in [0.3, 0.4) is 0 Å². The molecule has 0 amide bonds. The molecular formula is C5H3N5O. The van der Waals surface area contributed by atoms with Gasteiger partial charge in [-0.25, -0.2) is 15.0 Å². The van der Waals surface area contributed by atoms with E-state index < -0.39 is 6.04 Å². The van der Waals surface area contributed by atoms with Crippen LogP contribution in [0, 0.1) is 4.91 Å². The van der Waals surface area contributed by atoms with Crippen LogP contribution in [0.15, 0.2) is 25.1 Å². The molecule has 2 aliphatic rings. The van der Waals surface area contributed by atoms with Crippen molar-refractivity contribution in [1.29, 1.82) is 0 Å². The monoisotopic (exact) mass is 149 g/mol. The molecule has 1 unspecified atom stereocenters. The van der Waals surface area contributed by atoms with Gasteiger partial charge in [-0.1, -0.05) is 0 Å². The Bertz CT molecular complexity index is 313. The first-order valence-electron chi connectivity index (χ1n) is 2.95. The van der Waals surface area contributed by atoms with Crippen LogP contribution in [0.4, 0.5) is 0 Å². The molecule has 0 fully saturated rings. The molecule has 54 valence electrons. The summed E-state index contributed by atoms with van der Waals surface area (Å²) in [5.74, 6) is 0.599. The first-order valence-corrected chi connectivity index (χ1v) is 2.95. The van der Waals surface area contributed by atoms with E-state index in [1.54, 1.807) is 0 Å².